The minimum absolute atomic E-state index is 0.376. The topological polar surface area (TPSA) is 54.0 Å². The number of aromatic nitrogens is 1. The van der Waals surface area contributed by atoms with Gasteiger partial charge in [0.15, 0.2) is 0 Å². The second-order valence-electron chi connectivity index (χ2n) is 8.96. The summed E-state index contributed by atoms with van der Waals surface area (Å²) in [7, 11) is 1.88. The number of carbonyl (C=O) groups excluding carboxylic acids is 1. The van der Waals surface area contributed by atoms with Gasteiger partial charge in [-0.2, -0.15) is 13.2 Å². The molecule has 9 heteroatoms. The molecule has 4 nitrogen and oxygen atoms in total. The third-order valence-electron chi connectivity index (χ3n) is 5.50. The first kappa shape index (κ1) is 42.3. The van der Waals surface area contributed by atoms with Crippen molar-refractivity contribution in [3.8, 4) is 0 Å². The molecule has 3 rings (SSSR count). The summed E-state index contributed by atoms with van der Waals surface area (Å²) in [6.45, 7) is 16.3. The van der Waals surface area contributed by atoms with Gasteiger partial charge in [-0.3, -0.25) is 9.78 Å². The molecule has 0 fully saturated rings. The summed E-state index contributed by atoms with van der Waals surface area (Å²) in [6, 6.07) is 9.04. The first-order chi connectivity index (χ1) is 20.5. The number of nitrogens with one attached hydrogen (secondary N) is 2. The maximum absolute atomic E-state index is 12.2. The Labute approximate surface area is 267 Å². The Balaban J connectivity index is 0. The molecule has 0 spiro atoms. The van der Waals surface area contributed by atoms with E-state index in [4.69, 9.17) is 23.2 Å². The van der Waals surface area contributed by atoms with Crippen LogP contribution in [0.25, 0.3) is 0 Å². The molecule has 1 aliphatic carbocycles. The molecule has 1 amide bonds. The maximum atomic E-state index is 12.2. The van der Waals surface area contributed by atoms with Gasteiger partial charge in [-0.15, -0.1) is 0 Å². The van der Waals surface area contributed by atoms with Gasteiger partial charge in [0.25, 0.3) is 0 Å². The number of nitrogens with zero attached hydrogens (tertiary/aromatic N) is 1. The van der Waals surface area contributed by atoms with Crippen LogP contribution in [-0.4, -0.2) is 31.2 Å². The lowest BCUT2D eigenvalue weighted by Crippen LogP contribution is -2.19. The molecule has 1 aromatic carbocycles. The third-order valence-corrected chi connectivity index (χ3v) is 6.09. The van der Waals surface area contributed by atoms with Crippen LogP contribution < -0.4 is 10.6 Å². The van der Waals surface area contributed by atoms with Crippen LogP contribution in [0.1, 0.15) is 65.5 Å². The highest BCUT2D eigenvalue weighted by atomic mass is 35.5. The van der Waals surface area contributed by atoms with E-state index in [1.54, 1.807) is 30.6 Å². The molecule has 1 aromatic heterocycles. The van der Waals surface area contributed by atoms with Crippen LogP contribution in [0.3, 0.4) is 0 Å². The van der Waals surface area contributed by atoms with Gasteiger partial charge < -0.3 is 10.6 Å². The second-order valence-corrected chi connectivity index (χ2v) is 9.80. The summed E-state index contributed by atoms with van der Waals surface area (Å²) in [5.41, 5.74) is 3.02. The number of allylic oxidation sites excluding steroid dienone is 6. The van der Waals surface area contributed by atoms with Crippen molar-refractivity contribution in [2.24, 2.45) is 5.92 Å². The Morgan fingerprint density at radius 2 is 1.84 bits per heavy atom. The van der Waals surface area contributed by atoms with E-state index in [-0.39, 0.29) is 0 Å². The summed E-state index contributed by atoms with van der Waals surface area (Å²) in [6.07, 6.45) is 9.94. The molecule has 2 N–H and O–H groups in total. The number of rotatable bonds is 8. The van der Waals surface area contributed by atoms with E-state index in [0.717, 1.165) is 56.5 Å². The van der Waals surface area contributed by atoms with E-state index in [0.29, 0.717) is 28.0 Å². The van der Waals surface area contributed by atoms with Crippen LogP contribution in [0, 0.1) is 5.92 Å². The van der Waals surface area contributed by atoms with E-state index >= 15 is 0 Å². The first-order valence-corrected chi connectivity index (χ1v) is 15.1. The van der Waals surface area contributed by atoms with Crippen LogP contribution in [-0.2, 0) is 17.8 Å². The monoisotopic (exact) mass is 641 g/mol. The average Bonchev–Trinajstić information content (AvgIpc) is 3.20. The number of carbonyl (C=O) groups is 1. The molecule has 0 radical (unpaired) electrons. The number of halogens is 5. The van der Waals surface area contributed by atoms with Gasteiger partial charge in [0.1, 0.15) is 0 Å². The molecular formula is C34H48Cl2F3N3O. The van der Waals surface area contributed by atoms with Crippen LogP contribution >= 0.6 is 23.2 Å². The average molecular weight is 643 g/mol. The Morgan fingerprint density at radius 3 is 2.37 bits per heavy atom. The highest BCUT2D eigenvalue weighted by Crippen LogP contribution is 2.26. The molecule has 1 heterocycles. The van der Waals surface area contributed by atoms with Crippen molar-refractivity contribution >= 4 is 29.6 Å². The van der Waals surface area contributed by atoms with Gasteiger partial charge in [-0.25, -0.2) is 0 Å². The predicted octanol–water partition coefficient (Wildman–Crippen LogP) is 10.1. The largest absolute Gasteiger partial charge is 0.412 e. The molecule has 0 aliphatic heterocycles. The fourth-order valence-corrected chi connectivity index (χ4v) is 3.88. The van der Waals surface area contributed by atoms with E-state index < -0.39 is 11.7 Å². The second kappa shape index (κ2) is 25.6. The molecule has 1 unspecified atom stereocenters. The first-order valence-electron chi connectivity index (χ1n) is 14.4. The molecule has 43 heavy (non-hydrogen) atoms. The van der Waals surface area contributed by atoms with Crippen molar-refractivity contribution < 1.29 is 18.0 Å². The summed E-state index contributed by atoms with van der Waals surface area (Å²) < 4.78 is 36.7. The Hall–Kier alpha value is -2.87. The quantitative estimate of drug-likeness (QED) is 0.223. The van der Waals surface area contributed by atoms with E-state index in [1.807, 2.05) is 46.9 Å². The lowest BCUT2D eigenvalue weighted by molar-refractivity contribution is -0.109. The van der Waals surface area contributed by atoms with Gasteiger partial charge in [0, 0.05) is 41.1 Å². The van der Waals surface area contributed by atoms with Gasteiger partial charge >= 0.3 is 6.18 Å². The Morgan fingerprint density at radius 1 is 1.16 bits per heavy atom. The minimum Gasteiger partial charge on any atom is -0.358 e. The number of hydrogen-bond donors (Lipinski definition) is 2. The SMILES string of the molecule is C=C(/C=C(\C)C(F)(F)F)Cc1cccnc1.CC.CC.CC1=CCCC(CNC=O)C=C1.CNCc1ccc(Cl)cc1Cl. The van der Waals surface area contributed by atoms with Crippen molar-refractivity contribution in [2.75, 3.05) is 13.6 Å². The normalized spacial score (nSPS) is 13.9. The van der Waals surface area contributed by atoms with Crippen molar-refractivity contribution in [3.63, 3.8) is 0 Å². The minimum atomic E-state index is -4.28. The number of pyridine rings is 1. The number of alkyl halides is 3. The molecule has 0 saturated heterocycles. The van der Waals surface area contributed by atoms with Crippen LogP contribution in [0.15, 0.2) is 90.3 Å². The van der Waals surface area contributed by atoms with Gasteiger partial charge in [0.05, 0.1) is 0 Å². The highest BCUT2D eigenvalue weighted by molar-refractivity contribution is 6.35. The highest BCUT2D eigenvalue weighted by Gasteiger charge is 2.29. The summed E-state index contributed by atoms with van der Waals surface area (Å²) in [5.74, 6) is 0.504. The van der Waals surface area contributed by atoms with Crippen molar-refractivity contribution in [1.29, 1.82) is 0 Å². The van der Waals surface area contributed by atoms with Crippen molar-refractivity contribution in [3.05, 3.63) is 112 Å². The van der Waals surface area contributed by atoms with E-state index in [1.165, 1.54) is 5.57 Å². The van der Waals surface area contributed by atoms with Crippen molar-refractivity contribution in [1.82, 2.24) is 15.6 Å². The summed E-state index contributed by atoms with van der Waals surface area (Å²) in [4.78, 5) is 13.9. The number of benzene rings is 1. The molecule has 0 bridgehead atoms. The fraction of sp³-hybridized carbons (Fsp3) is 0.412. The zero-order chi connectivity index (χ0) is 33.3. The molecular weight excluding hydrogens is 594 g/mol. The van der Waals surface area contributed by atoms with Gasteiger partial charge in [-0.05, 0) is 75.4 Å². The van der Waals surface area contributed by atoms with Crippen LogP contribution in [0.2, 0.25) is 10.0 Å². The van der Waals surface area contributed by atoms with Crippen molar-refractivity contribution in [2.45, 2.75) is 73.5 Å². The zero-order valence-electron chi connectivity index (χ0n) is 26.5. The summed E-state index contributed by atoms with van der Waals surface area (Å²) in [5, 5.41) is 7.11. The number of hydrogen-bond acceptors (Lipinski definition) is 3. The lowest BCUT2D eigenvalue weighted by Gasteiger charge is -2.08. The predicted molar refractivity (Wildman–Crippen MR) is 179 cm³/mol. The zero-order valence-corrected chi connectivity index (χ0v) is 28.0. The Bertz CT molecular complexity index is 1130. The lowest BCUT2D eigenvalue weighted by atomic mass is 10.0. The Kier molecular flexibility index (Phi) is 25.2. The van der Waals surface area contributed by atoms with Crippen LogP contribution in [0.4, 0.5) is 13.2 Å². The maximum Gasteiger partial charge on any atom is 0.412 e. The van der Waals surface area contributed by atoms with E-state index in [2.05, 4.69) is 47.3 Å². The van der Waals surface area contributed by atoms with Gasteiger partial charge in [-0.1, -0.05) is 105 Å². The smallest absolute Gasteiger partial charge is 0.358 e. The molecule has 1 aliphatic rings. The molecule has 0 saturated carbocycles. The molecule has 2 aromatic rings. The van der Waals surface area contributed by atoms with E-state index in [9.17, 15) is 18.0 Å². The third kappa shape index (κ3) is 21.5. The summed E-state index contributed by atoms with van der Waals surface area (Å²) >= 11 is 11.6. The van der Waals surface area contributed by atoms with Gasteiger partial charge in [0.2, 0.25) is 6.41 Å². The fourth-order valence-electron chi connectivity index (χ4n) is 3.41. The standard InChI is InChI=1S/C12H12F3N.C10H15NO.C8H9Cl2N.2C2H6/c1-9(6-10(2)12(13,14)15)7-11-4-3-5-16-8-11;1-9-3-2-4-10(6-5-9)7-11-8-12;1-11-5-6-2-3-7(9)4-8(6)10;2*1-2/h3-6,8H,1,7H2,2H3;3,5-6,8,10H,2,4,7H2,1H3,(H,11,12);2-4,11H,5H2,1H3;2*1-2H3/b10-6+;;;;. The number of amides is 1. The van der Waals surface area contributed by atoms with Crippen LogP contribution in [0.5, 0.6) is 0 Å². The molecule has 1 atom stereocenters. The molecule has 240 valence electrons.